The molecular weight excluding hydrogens is 1480 g/mol. The van der Waals surface area contributed by atoms with Gasteiger partial charge in [-0.1, -0.05) is 13.8 Å². The van der Waals surface area contributed by atoms with Gasteiger partial charge in [-0.3, -0.25) is 72.4 Å². The minimum Gasteiger partial charge on any atom is -0.493 e. The van der Waals surface area contributed by atoms with Gasteiger partial charge in [0.05, 0.1) is 52.4 Å². The number of rotatable bonds is 35. The van der Waals surface area contributed by atoms with Crippen molar-refractivity contribution in [1.29, 1.82) is 0 Å². The Balaban J connectivity index is 1.23. The van der Waals surface area contributed by atoms with Crippen LogP contribution in [-0.2, 0) is 97.6 Å². The van der Waals surface area contributed by atoms with Gasteiger partial charge in [-0.25, -0.2) is 0 Å². The van der Waals surface area contributed by atoms with E-state index in [2.05, 4.69) is 21.3 Å². The van der Waals surface area contributed by atoms with Gasteiger partial charge in [-0.2, -0.15) is 0 Å². The Labute approximate surface area is 635 Å². The maximum absolute atomic E-state index is 15.4. The van der Waals surface area contributed by atoms with Gasteiger partial charge in [-0.05, 0) is 76.0 Å². The van der Waals surface area contributed by atoms with Gasteiger partial charge in [0.25, 0.3) is 29.3 Å². The molecular formula is C70H92N10O27S2. The van der Waals surface area contributed by atoms with Crippen LogP contribution in [-0.4, -0.2) is 237 Å². The van der Waals surface area contributed by atoms with Crippen LogP contribution >= 0.6 is 23.5 Å². The Morgan fingerprint density at radius 3 is 1.50 bits per heavy atom. The number of likely N-dealkylation sites (tertiary alicyclic amines) is 1. The summed E-state index contributed by atoms with van der Waals surface area (Å²) in [4.78, 5) is 190. The van der Waals surface area contributed by atoms with Crippen LogP contribution in [0.1, 0.15) is 156 Å². The predicted octanol–water partition coefficient (Wildman–Crippen LogP) is 5.48. The lowest BCUT2D eigenvalue weighted by atomic mass is 9.97. The Bertz CT molecular complexity index is 4020. The highest BCUT2D eigenvalue weighted by Gasteiger charge is 2.55. The number of anilines is 3. The van der Waals surface area contributed by atoms with Gasteiger partial charge in [0.2, 0.25) is 5.91 Å². The maximum Gasteiger partial charge on any atom is 0.303 e. The van der Waals surface area contributed by atoms with E-state index in [1.54, 1.807) is 28.4 Å². The summed E-state index contributed by atoms with van der Waals surface area (Å²) < 4.78 is 72.7. The normalized spacial score (nSPS) is 20.9. The summed E-state index contributed by atoms with van der Waals surface area (Å²) in [6, 6.07) is 5.91. The molecule has 1 aromatic carbocycles. The summed E-state index contributed by atoms with van der Waals surface area (Å²) in [6.07, 6.45) is -11.6. The summed E-state index contributed by atoms with van der Waals surface area (Å²) in [5, 5.41) is 23.4. The smallest absolute Gasteiger partial charge is 0.303 e. The van der Waals surface area contributed by atoms with Crippen LogP contribution in [0.4, 0.5) is 22.7 Å². The fourth-order valence-corrected chi connectivity index (χ4v) is 15.4. The fraction of sp³-hybridized carbons (Fsp3) is 0.557. The molecule has 109 heavy (non-hydrogen) atoms. The molecule has 0 unspecified atom stereocenters. The van der Waals surface area contributed by atoms with Crippen LogP contribution in [0, 0.1) is 10.1 Å². The van der Waals surface area contributed by atoms with Crippen LogP contribution < -0.4 is 30.7 Å². The summed E-state index contributed by atoms with van der Waals surface area (Å²) in [5.74, 6) is -9.62. The van der Waals surface area contributed by atoms with E-state index in [4.69, 9.17) is 56.8 Å². The maximum atomic E-state index is 15.4. The number of thioether (sulfide) groups is 2. The molecule has 0 saturated carbocycles. The number of ether oxygens (including phenoxy) is 12. The molecule has 4 aromatic rings. The first-order valence-electron chi connectivity index (χ1n) is 34.7. The first kappa shape index (κ1) is 86.0. The Hall–Kier alpha value is -10.2. The highest BCUT2D eigenvalue weighted by atomic mass is 32.2. The SMILES string of the molecule is CCSC(SCC)[C@H]1CCCN1C(=O)c1cc(OC)c(OCCCC(=O)Nc2cc(C(=O)Nc3cc(C(=O)Nc4cc(C(=O)NCCCN(C)C)n([C@H]5O[C@H](COC(C)=O)[C@@H](OC(C)=O)[C@@H](OC(C)=O)[C@H]5OC(C)=O)c4)n([C@H]4O[C@H](COC(C)=O)[C@@H](OC(C)=O)[C@@H](OC(C)=O)[C@H]4OC(C)=O)c3)n(C)c2)cc1[N+](=O)[O-]. The Kier molecular flexibility index (Phi) is 31.3. The molecule has 3 aliphatic rings. The lowest BCUT2D eigenvalue weighted by Crippen LogP contribution is -2.60. The number of benzene rings is 1. The highest BCUT2D eigenvalue weighted by Crippen LogP contribution is 2.42. The lowest BCUT2D eigenvalue weighted by Gasteiger charge is -2.45. The van der Waals surface area contributed by atoms with Gasteiger partial charge in [0.1, 0.15) is 48.1 Å². The lowest BCUT2D eigenvalue weighted by molar-refractivity contribution is -0.385. The number of aryl methyl sites for hydroxylation is 1. The summed E-state index contributed by atoms with van der Waals surface area (Å²) in [7, 11) is 6.44. The van der Waals surface area contributed by atoms with Crippen molar-refractivity contribution in [3.63, 3.8) is 0 Å². The Morgan fingerprint density at radius 2 is 1.05 bits per heavy atom. The zero-order valence-corrected chi connectivity index (χ0v) is 64.4. The number of amides is 5. The number of hydrogen-bond donors (Lipinski definition) is 4. The minimum absolute atomic E-state index is 0.0332. The number of carbonyl (C=O) groups is 13. The first-order valence-corrected chi connectivity index (χ1v) is 36.8. The van der Waals surface area contributed by atoms with E-state index >= 15 is 4.79 Å². The minimum atomic E-state index is -1.85. The third-order valence-corrected chi connectivity index (χ3v) is 19.6. The monoisotopic (exact) mass is 1570 g/mol. The van der Waals surface area contributed by atoms with E-state index < -0.39 is 168 Å². The molecule has 3 saturated heterocycles. The topological polar surface area (TPSA) is 445 Å². The number of aromatic nitrogens is 3. The fourth-order valence-electron chi connectivity index (χ4n) is 12.5. The average Bonchev–Trinajstić information content (AvgIpc) is 1.73. The van der Waals surface area contributed by atoms with E-state index in [0.717, 1.165) is 113 Å². The molecule has 596 valence electrons. The second-order valence-electron chi connectivity index (χ2n) is 25.5. The van der Waals surface area contributed by atoms with Crippen molar-refractivity contribution in [2.75, 3.05) is 88.1 Å². The van der Waals surface area contributed by atoms with E-state index in [-0.39, 0.29) is 82.1 Å². The number of nitrogens with one attached hydrogen (secondary N) is 4. The van der Waals surface area contributed by atoms with Gasteiger partial charge >= 0.3 is 47.8 Å². The molecule has 0 bridgehead atoms. The number of nitro benzene ring substituents is 1. The second-order valence-corrected chi connectivity index (χ2v) is 28.7. The van der Waals surface area contributed by atoms with Gasteiger partial charge in [-0.15, -0.1) is 23.5 Å². The third kappa shape index (κ3) is 23.4. The van der Waals surface area contributed by atoms with Crippen LogP contribution in [0.3, 0.4) is 0 Å². The molecule has 5 amide bonds. The predicted molar refractivity (Wildman–Crippen MR) is 387 cm³/mol. The molecule has 3 aliphatic heterocycles. The molecule has 6 heterocycles. The third-order valence-electron chi connectivity index (χ3n) is 16.8. The first-order chi connectivity index (χ1) is 51.6. The molecule has 37 nitrogen and oxygen atoms in total. The van der Waals surface area contributed by atoms with E-state index in [0.29, 0.717) is 19.5 Å². The molecule has 3 fully saturated rings. The van der Waals surface area contributed by atoms with Crippen LogP contribution in [0.5, 0.6) is 11.5 Å². The second kappa shape index (κ2) is 39.7. The molecule has 3 aromatic heterocycles. The number of methoxy groups -OCH3 is 1. The van der Waals surface area contributed by atoms with Crippen molar-refractivity contribution in [1.82, 2.24) is 28.8 Å². The molecule has 4 N–H and O–H groups in total. The van der Waals surface area contributed by atoms with Crippen molar-refractivity contribution < 1.29 is 124 Å². The molecule has 0 spiro atoms. The van der Waals surface area contributed by atoms with Crippen molar-refractivity contribution in [2.45, 2.75) is 173 Å². The summed E-state index contributed by atoms with van der Waals surface area (Å²) in [6.45, 7) is 11.8. The number of esters is 8. The van der Waals surface area contributed by atoms with Crippen LogP contribution in [0.25, 0.3) is 0 Å². The van der Waals surface area contributed by atoms with Gasteiger partial charge in [0.15, 0.2) is 60.6 Å². The highest BCUT2D eigenvalue weighted by molar-refractivity contribution is 8.17. The van der Waals surface area contributed by atoms with Crippen molar-refractivity contribution in [3.05, 3.63) is 81.7 Å². The van der Waals surface area contributed by atoms with Crippen molar-refractivity contribution in [2.24, 2.45) is 7.05 Å². The largest absolute Gasteiger partial charge is 0.493 e. The van der Waals surface area contributed by atoms with Crippen LogP contribution in [0.15, 0.2) is 48.9 Å². The van der Waals surface area contributed by atoms with Gasteiger partial charge < -0.3 is 102 Å². The Morgan fingerprint density at radius 1 is 0.587 bits per heavy atom. The standard InChI is InChI=1S/C70H92N10O27S2/c1-15-108-70(109-16-2)48-20-17-24-77(48)67(93)47-29-53(96-14)54(30-49(47)80(94)95)97-25-18-21-57(89)72-44-26-50(76(13)31-44)65(91)73-46-28-52(79(33-46)69-63(105-43(10)88)61(103-41(8)86)59(101-39(6)84)56(107-69)35-99-37(4)82)66(92)74-45-27-51(64(90)71-22-19-23-75(11)12)78(32-45)68-62(104-42(9)87)60(102-40(7)85)58(100-38(5)83)55(106-68)34-98-36(3)81/h26-33,48,55-56,58-63,68-70H,15-25,34-35H2,1-14H3,(H,71,90)(H,72,89)(H,73,91)(H,74,92)/t48-,55-,56-,58-,59-,60-,61-,62-,63-,68+,69+/m1/s1. The molecule has 7 rings (SSSR count). The number of hydrogen-bond acceptors (Lipinski definition) is 30. The summed E-state index contributed by atoms with van der Waals surface area (Å²) in [5.41, 5.74) is -1.81. The van der Waals surface area contributed by atoms with E-state index in [1.807, 2.05) is 32.8 Å². The zero-order chi connectivity index (χ0) is 80.2. The van der Waals surface area contributed by atoms with Crippen molar-refractivity contribution in [3.8, 4) is 11.5 Å². The molecule has 39 heteroatoms. The van der Waals surface area contributed by atoms with Crippen LogP contribution in [0.2, 0.25) is 0 Å². The van der Waals surface area contributed by atoms with Gasteiger partial charge in [0, 0.05) is 107 Å². The molecule has 11 atom stereocenters. The number of carbonyl (C=O) groups excluding carboxylic acids is 13. The number of nitro groups is 1. The number of nitrogens with zero attached hydrogens (tertiary/aromatic N) is 6. The quantitative estimate of drug-likeness (QED) is 0.0111. The van der Waals surface area contributed by atoms with E-state index in [9.17, 15) is 67.6 Å². The summed E-state index contributed by atoms with van der Waals surface area (Å²) >= 11 is 3.46. The zero-order valence-electron chi connectivity index (χ0n) is 62.8. The average molecular weight is 1570 g/mol. The molecule has 0 aliphatic carbocycles. The van der Waals surface area contributed by atoms with E-state index in [1.165, 1.54) is 43.1 Å². The molecule has 0 radical (unpaired) electrons. The van der Waals surface area contributed by atoms with Crippen molar-refractivity contribution >= 4 is 124 Å².